The van der Waals surface area contributed by atoms with Gasteiger partial charge in [-0.1, -0.05) is 11.6 Å². The number of morpholine rings is 1. The van der Waals surface area contributed by atoms with Crippen LogP contribution in [0.1, 0.15) is 39.7 Å². The van der Waals surface area contributed by atoms with Crippen LogP contribution >= 0.6 is 11.6 Å². The zero-order valence-corrected chi connectivity index (χ0v) is 20.4. The molecule has 3 aliphatic rings. The van der Waals surface area contributed by atoms with Gasteiger partial charge >= 0.3 is 6.09 Å². The lowest BCUT2D eigenvalue weighted by Gasteiger charge is -2.51. The van der Waals surface area contributed by atoms with E-state index in [1.165, 1.54) is 12.8 Å². The van der Waals surface area contributed by atoms with E-state index in [2.05, 4.69) is 27.4 Å². The molecular weight excluding hydrogens is 456 g/mol. The average Bonchev–Trinajstić information content (AvgIpc) is 3.35. The molecule has 2 aliphatic heterocycles. The predicted molar refractivity (Wildman–Crippen MR) is 129 cm³/mol. The maximum atomic E-state index is 12.7. The summed E-state index contributed by atoms with van der Waals surface area (Å²) in [4.78, 5) is 16.9. The van der Waals surface area contributed by atoms with Crippen LogP contribution in [0, 0.1) is 0 Å². The monoisotopic (exact) mass is 484 g/mol. The van der Waals surface area contributed by atoms with Crippen molar-refractivity contribution < 1.29 is 14.3 Å². The van der Waals surface area contributed by atoms with Crippen LogP contribution in [0.3, 0.4) is 0 Å². The van der Waals surface area contributed by atoms with Crippen LogP contribution in [0.4, 0.5) is 10.5 Å². The van der Waals surface area contributed by atoms with Gasteiger partial charge in [0.2, 0.25) is 0 Å². The number of anilines is 1. The van der Waals surface area contributed by atoms with E-state index in [4.69, 9.17) is 21.1 Å². The average molecular weight is 485 g/mol. The van der Waals surface area contributed by atoms with Crippen molar-refractivity contribution in [3.8, 4) is 5.69 Å². The normalized spacial score (nSPS) is 22.9. The number of hydrogen-bond acceptors (Lipinski definition) is 6. The van der Waals surface area contributed by atoms with Crippen molar-refractivity contribution in [3.05, 3.63) is 35.7 Å². The first-order valence-electron chi connectivity index (χ1n) is 11.8. The summed E-state index contributed by atoms with van der Waals surface area (Å²) in [5, 5.41) is 10.8. The SMILES string of the molecule is CC(C)(C)OC(=O)N1CC2COCC(C1)N2c1cc2c(cnn2-c2cnn(C3CC3)c2)cc1Cl. The minimum atomic E-state index is -0.528. The van der Waals surface area contributed by atoms with Gasteiger partial charge in [-0.25, -0.2) is 9.48 Å². The zero-order chi connectivity index (χ0) is 23.6. The molecule has 3 fully saturated rings. The number of benzene rings is 1. The highest BCUT2D eigenvalue weighted by atomic mass is 35.5. The van der Waals surface area contributed by atoms with Crippen LogP contribution in [0.15, 0.2) is 30.7 Å². The number of halogens is 1. The highest BCUT2D eigenvalue weighted by molar-refractivity contribution is 6.34. The van der Waals surface area contributed by atoms with Crippen molar-refractivity contribution in [1.29, 1.82) is 0 Å². The van der Waals surface area contributed by atoms with Gasteiger partial charge in [-0.05, 0) is 45.7 Å². The lowest BCUT2D eigenvalue weighted by atomic mass is 10.0. The number of aromatic nitrogens is 4. The van der Waals surface area contributed by atoms with E-state index in [1.54, 1.807) is 4.90 Å². The third kappa shape index (κ3) is 3.90. The van der Waals surface area contributed by atoms with Crippen LogP contribution in [0.25, 0.3) is 16.6 Å². The Morgan fingerprint density at radius 1 is 1.09 bits per heavy atom. The molecule has 180 valence electrons. The van der Waals surface area contributed by atoms with Crippen LogP contribution in [-0.2, 0) is 9.47 Å². The quantitative estimate of drug-likeness (QED) is 0.558. The fraction of sp³-hybridized carbons (Fsp3) is 0.542. The Hall–Kier alpha value is -2.78. The zero-order valence-electron chi connectivity index (χ0n) is 19.6. The number of amides is 1. The van der Waals surface area contributed by atoms with Gasteiger partial charge in [0, 0.05) is 18.5 Å². The first-order chi connectivity index (χ1) is 16.3. The van der Waals surface area contributed by atoms with E-state index in [-0.39, 0.29) is 18.2 Å². The molecule has 2 bridgehead atoms. The Labute approximate surface area is 203 Å². The van der Waals surface area contributed by atoms with E-state index in [1.807, 2.05) is 48.6 Å². The largest absolute Gasteiger partial charge is 0.444 e. The number of carbonyl (C=O) groups excluding carboxylic acids is 1. The maximum Gasteiger partial charge on any atom is 0.410 e. The summed E-state index contributed by atoms with van der Waals surface area (Å²) >= 11 is 6.80. The third-order valence-corrected chi connectivity index (χ3v) is 6.89. The van der Waals surface area contributed by atoms with Gasteiger partial charge in [0.1, 0.15) is 11.3 Å². The summed E-state index contributed by atoms with van der Waals surface area (Å²) in [6, 6.07) is 4.57. The van der Waals surface area contributed by atoms with Gasteiger partial charge in [0.15, 0.2) is 0 Å². The van der Waals surface area contributed by atoms with Gasteiger partial charge in [0.05, 0.1) is 66.2 Å². The van der Waals surface area contributed by atoms with Crippen LogP contribution in [0.2, 0.25) is 5.02 Å². The number of fused-ring (bicyclic) bond motifs is 3. The number of ether oxygens (including phenoxy) is 2. The first kappa shape index (κ1) is 21.7. The van der Waals surface area contributed by atoms with E-state index in [0.29, 0.717) is 37.4 Å². The summed E-state index contributed by atoms with van der Waals surface area (Å²) in [5.41, 5.74) is 2.32. The summed E-state index contributed by atoms with van der Waals surface area (Å²) in [6.07, 6.45) is 7.84. The molecule has 9 nitrogen and oxygen atoms in total. The molecule has 1 aliphatic carbocycles. The molecule has 1 saturated carbocycles. The van der Waals surface area contributed by atoms with Gasteiger partial charge in [0.25, 0.3) is 0 Å². The molecule has 2 unspecified atom stereocenters. The topological polar surface area (TPSA) is 77.7 Å². The Morgan fingerprint density at radius 3 is 2.50 bits per heavy atom. The van der Waals surface area contributed by atoms with Crippen molar-refractivity contribution >= 4 is 34.3 Å². The van der Waals surface area contributed by atoms with Crippen molar-refractivity contribution in [1.82, 2.24) is 24.5 Å². The van der Waals surface area contributed by atoms with Crippen molar-refractivity contribution in [2.45, 2.75) is 57.3 Å². The molecule has 3 aromatic rings. The molecule has 2 atom stereocenters. The number of rotatable bonds is 3. The summed E-state index contributed by atoms with van der Waals surface area (Å²) in [5.74, 6) is 0. The van der Waals surface area contributed by atoms with Gasteiger partial charge < -0.3 is 19.3 Å². The fourth-order valence-electron chi connectivity index (χ4n) is 4.95. The molecule has 2 aromatic heterocycles. The van der Waals surface area contributed by atoms with Gasteiger partial charge in [-0.15, -0.1) is 0 Å². The lowest BCUT2D eigenvalue weighted by molar-refractivity contribution is -0.0104. The molecule has 0 spiro atoms. The Morgan fingerprint density at radius 2 is 1.82 bits per heavy atom. The van der Waals surface area contributed by atoms with E-state index in [0.717, 1.165) is 22.3 Å². The van der Waals surface area contributed by atoms with Crippen molar-refractivity contribution in [3.63, 3.8) is 0 Å². The van der Waals surface area contributed by atoms with Gasteiger partial charge in [-0.3, -0.25) is 4.68 Å². The molecule has 0 radical (unpaired) electrons. The second kappa shape index (κ2) is 7.88. The minimum absolute atomic E-state index is 0.0102. The summed E-state index contributed by atoms with van der Waals surface area (Å²) in [6.45, 7) is 7.75. The molecule has 1 aromatic carbocycles. The molecule has 0 N–H and O–H groups in total. The highest BCUT2D eigenvalue weighted by Gasteiger charge is 2.42. The molecule has 2 saturated heterocycles. The van der Waals surface area contributed by atoms with E-state index >= 15 is 0 Å². The van der Waals surface area contributed by atoms with Crippen LogP contribution in [0.5, 0.6) is 0 Å². The van der Waals surface area contributed by atoms with E-state index in [9.17, 15) is 4.79 Å². The Bertz CT molecular complexity index is 1230. The smallest absolute Gasteiger partial charge is 0.410 e. The number of piperazine rings is 1. The fourth-order valence-corrected chi connectivity index (χ4v) is 5.22. The van der Waals surface area contributed by atoms with E-state index < -0.39 is 5.60 Å². The number of carbonyl (C=O) groups is 1. The third-order valence-electron chi connectivity index (χ3n) is 6.59. The van der Waals surface area contributed by atoms with Gasteiger partial charge in [-0.2, -0.15) is 10.2 Å². The maximum absolute atomic E-state index is 12.7. The van der Waals surface area contributed by atoms with Crippen molar-refractivity contribution in [2.75, 3.05) is 31.2 Å². The summed E-state index contributed by atoms with van der Waals surface area (Å²) in [7, 11) is 0. The Balaban J connectivity index is 1.32. The number of hydrogen-bond donors (Lipinski definition) is 0. The first-order valence-corrected chi connectivity index (χ1v) is 12.2. The molecular formula is C24H29ClN6O3. The van der Waals surface area contributed by atoms with Crippen molar-refractivity contribution in [2.24, 2.45) is 0 Å². The Kier molecular flexibility index (Phi) is 5.04. The summed E-state index contributed by atoms with van der Waals surface area (Å²) < 4.78 is 15.4. The molecule has 4 heterocycles. The molecule has 1 amide bonds. The second-order valence-corrected chi connectivity index (χ2v) is 10.9. The van der Waals surface area contributed by atoms with Crippen LogP contribution < -0.4 is 4.90 Å². The predicted octanol–water partition coefficient (Wildman–Crippen LogP) is 4.03. The lowest BCUT2D eigenvalue weighted by Crippen LogP contribution is -2.66. The molecule has 10 heteroatoms. The molecule has 34 heavy (non-hydrogen) atoms. The minimum Gasteiger partial charge on any atom is -0.444 e. The molecule has 6 rings (SSSR count). The van der Waals surface area contributed by atoms with Crippen LogP contribution in [-0.4, -0.2) is 74.5 Å². The highest BCUT2D eigenvalue weighted by Crippen LogP contribution is 2.38. The standard InChI is InChI=1S/C24H29ClN6O3/c1-24(2,3)34-23(32)28-10-18-13-33-14-19(11-28)30(18)22-7-21-15(6-20(22)25)8-27-31(21)17-9-26-29(12-17)16-4-5-16/h6-9,12,16,18-19H,4-5,10-11,13-14H2,1-3H3. The second-order valence-electron chi connectivity index (χ2n) is 10.5. The number of nitrogens with zero attached hydrogens (tertiary/aromatic N) is 6.